The first-order chi connectivity index (χ1) is 13.6. The number of methoxy groups -OCH3 is 3. The van der Waals surface area contributed by atoms with E-state index in [4.69, 9.17) is 24.9 Å². The Labute approximate surface area is 164 Å². The SMILES string of the molecule is COc1cc(-c2cnc3c(c2)C(c2ccc(N)cc2)=CC3)cc(OC)c1OC. The highest BCUT2D eigenvalue weighted by molar-refractivity contribution is 5.86. The van der Waals surface area contributed by atoms with Crippen LogP contribution in [0, 0.1) is 0 Å². The summed E-state index contributed by atoms with van der Waals surface area (Å²) < 4.78 is 16.4. The van der Waals surface area contributed by atoms with Gasteiger partial charge in [0, 0.05) is 29.4 Å². The minimum atomic E-state index is 0.574. The lowest BCUT2D eigenvalue weighted by atomic mass is 9.97. The zero-order chi connectivity index (χ0) is 19.7. The Bertz CT molecular complexity index is 1030. The highest BCUT2D eigenvalue weighted by atomic mass is 16.5. The van der Waals surface area contributed by atoms with Crippen molar-refractivity contribution in [2.24, 2.45) is 0 Å². The Morgan fingerprint density at radius 2 is 1.50 bits per heavy atom. The van der Waals surface area contributed by atoms with Crippen molar-refractivity contribution in [1.82, 2.24) is 4.98 Å². The zero-order valence-corrected chi connectivity index (χ0v) is 16.2. The van der Waals surface area contributed by atoms with Gasteiger partial charge in [-0.2, -0.15) is 0 Å². The van der Waals surface area contributed by atoms with Crippen LogP contribution in [0.25, 0.3) is 16.7 Å². The molecular formula is C23H22N2O3. The Kier molecular flexibility index (Phi) is 4.65. The van der Waals surface area contributed by atoms with Crippen LogP contribution < -0.4 is 19.9 Å². The summed E-state index contributed by atoms with van der Waals surface area (Å²) in [5.41, 5.74) is 13.0. The molecule has 5 heteroatoms. The Hall–Kier alpha value is -3.47. The number of allylic oxidation sites excluding steroid dienone is 1. The second-order valence-corrected chi connectivity index (χ2v) is 6.58. The van der Waals surface area contributed by atoms with E-state index in [-0.39, 0.29) is 0 Å². The summed E-state index contributed by atoms with van der Waals surface area (Å²) >= 11 is 0. The maximum atomic E-state index is 5.83. The molecule has 0 aliphatic heterocycles. The first-order valence-corrected chi connectivity index (χ1v) is 9.00. The van der Waals surface area contributed by atoms with Gasteiger partial charge in [0.05, 0.1) is 27.0 Å². The fourth-order valence-electron chi connectivity index (χ4n) is 3.54. The fourth-order valence-corrected chi connectivity index (χ4v) is 3.54. The molecule has 0 saturated heterocycles. The van der Waals surface area contributed by atoms with Crippen molar-refractivity contribution < 1.29 is 14.2 Å². The Morgan fingerprint density at radius 1 is 0.821 bits per heavy atom. The van der Waals surface area contributed by atoms with Gasteiger partial charge in [-0.25, -0.2) is 0 Å². The second-order valence-electron chi connectivity index (χ2n) is 6.58. The van der Waals surface area contributed by atoms with Crippen LogP contribution in [0.15, 0.2) is 54.7 Å². The number of hydrogen-bond donors (Lipinski definition) is 1. The number of nitrogens with two attached hydrogens (primary N) is 1. The van der Waals surface area contributed by atoms with Gasteiger partial charge in [0.25, 0.3) is 0 Å². The molecule has 0 saturated carbocycles. The Balaban J connectivity index is 1.79. The smallest absolute Gasteiger partial charge is 0.203 e. The van der Waals surface area contributed by atoms with E-state index in [0.29, 0.717) is 17.2 Å². The van der Waals surface area contributed by atoms with Gasteiger partial charge in [-0.15, -0.1) is 0 Å². The number of nitrogens with zero attached hydrogens (tertiary/aromatic N) is 1. The zero-order valence-electron chi connectivity index (χ0n) is 16.2. The molecule has 2 N–H and O–H groups in total. The highest BCUT2D eigenvalue weighted by Crippen LogP contribution is 2.42. The third kappa shape index (κ3) is 3.05. The molecule has 28 heavy (non-hydrogen) atoms. The number of ether oxygens (including phenoxy) is 3. The monoisotopic (exact) mass is 374 g/mol. The van der Waals surface area contributed by atoms with Crippen LogP contribution >= 0.6 is 0 Å². The average Bonchev–Trinajstić information content (AvgIpc) is 3.16. The van der Waals surface area contributed by atoms with Crippen molar-refractivity contribution in [2.75, 3.05) is 27.1 Å². The molecule has 0 radical (unpaired) electrons. The van der Waals surface area contributed by atoms with Gasteiger partial charge in [-0.3, -0.25) is 4.98 Å². The number of aromatic nitrogens is 1. The lowest BCUT2D eigenvalue weighted by molar-refractivity contribution is 0.324. The predicted octanol–water partition coefficient (Wildman–Crippen LogP) is 4.34. The van der Waals surface area contributed by atoms with Crippen molar-refractivity contribution in [1.29, 1.82) is 0 Å². The summed E-state index contributed by atoms with van der Waals surface area (Å²) in [4.78, 5) is 4.69. The molecular weight excluding hydrogens is 352 g/mol. The molecule has 0 spiro atoms. The van der Waals surface area contributed by atoms with E-state index in [1.165, 1.54) is 5.57 Å². The van der Waals surface area contributed by atoms with Gasteiger partial charge in [0.2, 0.25) is 5.75 Å². The largest absolute Gasteiger partial charge is 0.493 e. The quantitative estimate of drug-likeness (QED) is 0.673. The molecule has 1 heterocycles. The molecule has 0 unspecified atom stereocenters. The first kappa shape index (κ1) is 17.9. The maximum absolute atomic E-state index is 5.83. The van der Waals surface area contributed by atoms with Gasteiger partial charge in [0.1, 0.15) is 0 Å². The van der Waals surface area contributed by atoms with Crippen molar-refractivity contribution in [3.8, 4) is 28.4 Å². The van der Waals surface area contributed by atoms with Crippen molar-refractivity contribution in [2.45, 2.75) is 6.42 Å². The summed E-state index contributed by atoms with van der Waals surface area (Å²) in [6.45, 7) is 0. The van der Waals surface area contributed by atoms with E-state index >= 15 is 0 Å². The van der Waals surface area contributed by atoms with Crippen LogP contribution in [-0.4, -0.2) is 26.3 Å². The molecule has 0 fully saturated rings. The summed E-state index contributed by atoms with van der Waals surface area (Å²) in [5, 5.41) is 0. The molecule has 1 aliphatic carbocycles. The molecule has 0 bridgehead atoms. The van der Waals surface area contributed by atoms with Crippen molar-refractivity contribution >= 4 is 11.3 Å². The van der Waals surface area contributed by atoms with E-state index in [2.05, 4.69) is 12.1 Å². The fraction of sp³-hybridized carbons (Fsp3) is 0.174. The first-order valence-electron chi connectivity index (χ1n) is 9.00. The lowest BCUT2D eigenvalue weighted by Gasteiger charge is -2.15. The van der Waals surface area contributed by atoms with Gasteiger partial charge in [-0.1, -0.05) is 18.2 Å². The van der Waals surface area contributed by atoms with E-state index < -0.39 is 0 Å². The average molecular weight is 374 g/mol. The van der Waals surface area contributed by atoms with Gasteiger partial charge in [0.15, 0.2) is 11.5 Å². The number of benzene rings is 2. The van der Waals surface area contributed by atoms with Crippen LogP contribution in [0.5, 0.6) is 17.2 Å². The normalized spacial score (nSPS) is 12.3. The molecule has 0 atom stereocenters. The van der Waals surface area contributed by atoms with Crippen LogP contribution in [0.2, 0.25) is 0 Å². The van der Waals surface area contributed by atoms with Gasteiger partial charge >= 0.3 is 0 Å². The number of rotatable bonds is 5. The molecule has 4 rings (SSSR count). The topological polar surface area (TPSA) is 66.6 Å². The van der Waals surface area contributed by atoms with Gasteiger partial charge in [-0.05, 0) is 47.0 Å². The molecule has 3 aromatic rings. The Morgan fingerprint density at radius 3 is 2.11 bits per heavy atom. The van der Waals surface area contributed by atoms with Gasteiger partial charge < -0.3 is 19.9 Å². The van der Waals surface area contributed by atoms with Crippen LogP contribution in [-0.2, 0) is 6.42 Å². The second kappa shape index (κ2) is 7.27. The summed E-state index contributed by atoms with van der Waals surface area (Å²) in [5.74, 6) is 1.81. The standard InChI is InChI=1S/C23H22N2O3/c1-26-21-11-15(12-22(27-2)23(21)28-3)16-10-19-18(8-9-20(19)25-13-16)14-4-6-17(24)7-5-14/h4-8,10-13H,9,24H2,1-3H3. The maximum Gasteiger partial charge on any atom is 0.203 e. The van der Waals surface area contributed by atoms with E-state index in [1.54, 1.807) is 21.3 Å². The number of nitrogen functional groups attached to an aromatic ring is 1. The summed E-state index contributed by atoms with van der Waals surface area (Å²) in [6.07, 6.45) is 4.92. The minimum Gasteiger partial charge on any atom is -0.493 e. The van der Waals surface area contributed by atoms with Crippen LogP contribution in [0.1, 0.15) is 16.8 Å². The molecule has 1 aromatic heterocycles. The summed E-state index contributed by atoms with van der Waals surface area (Å²) in [7, 11) is 4.83. The van der Waals surface area contributed by atoms with E-state index in [1.807, 2.05) is 42.6 Å². The molecule has 2 aromatic carbocycles. The lowest BCUT2D eigenvalue weighted by Crippen LogP contribution is -1.97. The number of anilines is 1. The van der Waals surface area contributed by atoms with Crippen LogP contribution in [0.4, 0.5) is 5.69 Å². The van der Waals surface area contributed by atoms with Crippen molar-refractivity contribution in [3.63, 3.8) is 0 Å². The van der Waals surface area contributed by atoms with E-state index in [9.17, 15) is 0 Å². The van der Waals surface area contributed by atoms with Crippen molar-refractivity contribution in [3.05, 3.63) is 71.6 Å². The minimum absolute atomic E-state index is 0.574. The molecule has 5 nitrogen and oxygen atoms in total. The molecule has 1 aliphatic rings. The highest BCUT2D eigenvalue weighted by Gasteiger charge is 2.19. The third-order valence-electron chi connectivity index (χ3n) is 4.98. The third-order valence-corrected chi connectivity index (χ3v) is 4.98. The van der Waals surface area contributed by atoms with Crippen LogP contribution in [0.3, 0.4) is 0 Å². The summed E-state index contributed by atoms with van der Waals surface area (Å²) in [6, 6.07) is 14.0. The number of fused-ring (bicyclic) bond motifs is 1. The predicted molar refractivity (Wildman–Crippen MR) is 111 cm³/mol. The molecule has 142 valence electrons. The van der Waals surface area contributed by atoms with E-state index in [0.717, 1.165) is 40.1 Å². The number of pyridine rings is 1. The number of hydrogen-bond acceptors (Lipinski definition) is 5. The molecule has 0 amide bonds.